The van der Waals surface area contributed by atoms with Crippen LogP contribution >= 0.6 is 57.8 Å². The van der Waals surface area contributed by atoms with Crippen molar-refractivity contribution >= 4 is 57.8 Å². The van der Waals surface area contributed by atoms with Gasteiger partial charge in [0.25, 0.3) is 0 Å². The number of hydrogen-bond acceptors (Lipinski definition) is 1. The van der Waals surface area contributed by atoms with Crippen LogP contribution in [0, 0.1) is 7.14 Å². The molecule has 0 nitrogen and oxygen atoms in total. The number of rotatable bonds is 0. The van der Waals surface area contributed by atoms with E-state index in [2.05, 4.69) is 69.9 Å². The summed E-state index contributed by atoms with van der Waals surface area (Å²) < 4.78 is 2.44. The molecule has 0 unspecified atom stereocenters. The molecule has 0 radical (unpaired) electrons. The number of halogens is 2. The van der Waals surface area contributed by atoms with E-state index in [1.807, 2.05) is 6.07 Å². The van der Waals surface area contributed by atoms with Gasteiger partial charge in [-0.2, -0.15) is 0 Å². The fourth-order valence-corrected chi connectivity index (χ4v) is 1.77. The van der Waals surface area contributed by atoms with Gasteiger partial charge in [-0.3, -0.25) is 0 Å². The first kappa shape index (κ1) is 8.13. The fourth-order valence-electron chi connectivity index (χ4n) is 0.486. The Bertz CT molecular complexity index is 222. The lowest BCUT2D eigenvalue weighted by molar-refractivity contribution is 1.39. The summed E-state index contributed by atoms with van der Waals surface area (Å²) in [7, 11) is 0. The molecule has 0 amide bonds. The van der Waals surface area contributed by atoms with E-state index in [-0.39, 0.29) is 0 Å². The first-order valence-electron chi connectivity index (χ1n) is 2.34. The van der Waals surface area contributed by atoms with Crippen molar-refractivity contribution < 1.29 is 0 Å². The SMILES string of the molecule is Sc1cc(I)ccc1I. The van der Waals surface area contributed by atoms with Crippen LogP contribution in [-0.2, 0) is 0 Å². The smallest absolute Gasteiger partial charge is 0.0264 e. The molecular formula is C6H4I2S. The molecule has 0 aliphatic heterocycles. The highest BCUT2D eigenvalue weighted by Gasteiger charge is 1.92. The van der Waals surface area contributed by atoms with Crippen LogP contribution in [-0.4, -0.2) is 0 Å². The molecular weight excluding hydrogens is 358 g/mol. The molecule has 1 aromatic carbocycles. The first-order valence-corrected chi connectivity index (χ1v) is 4.94. The van der Waals surface area contributed by atoms with Crippen LogP contribution < -0.4 is 0 Å². The summed E-state index contributed by atoms with van der Waals surface area (Å²) in [5.74, 6) is 0. The molecule has 1 rings (SSSR count). The van der Waals surface area contributed by atoms with Crippen LogP contribution in [0.2, 0.25) is 0 Å². The van der Waals surface area contributed by atoms with Gasteiger partial charge in [0.05, 0.1) is 0 Å². The van der Waals surface area contributed by atoms with Gasteiger partial charge < -0.3 is 0 Å². The van der Waals surface area contributed by atoms with E-state index in [0.717, 1.165) is 4.90 Å². The van der Waals surface area contributed by atoms with Gasteiger partial charge >= 0.3 is 0 Å². The summed E-state index contributed by atoms with van der Waals surface area (Å²) in [6.45, 7) is 0. The van der Waals surface area contributed by atoms with Crippen molar-refractivity contribution in [3.8, 4) is 0 Å². The van der Waals surface area contributed by atoms with Gasteiger partial charge in [0.15, 0.2) is 0 Å². The van der Waals surface area contributed by atoms with E-state index in [1.165, 1.54) is 7.14 Å². The Labute approximate surface area is 87.1 Å². The minimum atomic E-state index is 1.06. The van der Waals surface area contributed by atoms with E-state index in [1.54, 1.807) is 0 Å². The number of hydrogen-bond donors (Lipinski definition) is 1. The van der Waals surface area contributed by atoms with Crippen LogP contribution in [0.25, 0.3) is 0 Å². The Morgan fingerprint density at radius 2 is 1.89 bits per heavy atom. The van der Waals surface area contributed by atoms with Gasteiger partial charge in [0.1, 0.15) is 0 Å². The van der Waals surface area contributed by atoms with Crippen LogP contribution in [0.3, 0.4) is 0 Å². The monoisotopic (exact) mass is 362 g/mol. The van der Waals surface area contributed by atoms with Gasteiger partial charge in [-0.1, -0.05) is 0 Å². The highest BCUT2D eigenvalue weighted by molar-refractivity contribution is 14.1. The van der Waals surface area contributed by atoms with Gasteiger partial charge in [0.2, 0.25) is 0 Å². The lowest BCUT2D eigenvalue weighted by Crippen LogP contribution is -1.75. The van der Waals surface area contributed by atoms with Crippen LogP contribution in [0.1, 0.15) is 0 Å². The summed E-state index contributed by atoms with van der Waals surface area (Å²) in [4.78, 5) is 1.06. The lowest BCUT2D eigenvalue weighted by atomic mass is 10.4. The van der Waals surface area contributed by atoms with Crippen molar-refractivity contribution in [2.45, 2.75) is 4.90 Å². The van der Waals surface area contributed by atoms with E-state index in [0.29, 0.717) is 0 Å². The summed E-state index contributed by atoms with van der Waals surface area (Å²) in [5, 5.41) is 0. The average Bonchev–Trinajstić information content (AvgIpc) is 1.80. The molecule has 9 heavy (non-hydrogen) atoms. The fraction of sp³-hybridized carbons (Fsp3) is 0. The van der Waals surface area contributed by atoms with E-state index in [4.69, 9.17) is 0 Å². The summed E-state index contributed by atoms with van der Waals surface area (Å²) in [5.41, 5.74) is 0. The molecule has 0 N–H and O–H groups in total. The van der Waals surface area contributed by atoms with Crippen LogP contribution in [0.15, 0.2) is 23.1 Å². The Kier molecular flexibility index (Phi) is 3.10. The molecule has 0 fully saturated rings. The second-order valence-corrected chi connectivity index (χ2v) is 4.49. The molecule has 48 valence electrons. The molecule has 0 atom stereocenters. The highest BCUT2D eigenvalue weighted by atomic mass is 127. The minimum Gasteiger partial charge on any atom is -0.142 e. The largest absolute Gasteiger partial charge is 0.142 e. The molecule has 0 bridgehead atoms. The maximum absolute atomic E-state index is 4.26. The average molecular weight is 362 g/mol. The maximum atomic E-state index is 4.26. The maximum Gasteiger partial charge on any atom is 0.0264 e. The van der Waals surface area contributed by atoms with Gasteiger partial charge in [0, 0.05) is 12.0 Å². The molecule has 0 spiro atoms. The molecule has 0 heterocycles. The zero-order valence-corrected chi connectivity index (χ0v) is 9.64. The summed E-state index contributed by atoms with van der Waals surface area (Å²) in [6.07, 6.45) is 0. The van der Waals surface area contributed by atoms with Gasteiger partial charge in [-0.15, -0.1) is 12.6 Å². The second-order valence-electron chi connectivity index (χ2n) is 1.60. The standard InChI is InChI=1S/C6H4I2S/c7-4-1-2-5(8)6(9)3-4/h1-3,9H. The zero-order chi connectivity index (χ0) is 6.85. The minimum absolute atomic E-state index is 1.06. The van der Waals surface area contributed by atoms with Crippen LogP contribution in [0.4, 0.5) is 0 Å². The van der Waals surface area contributed by atoms with Crippen molar-refractivity contribution in [3.05, 3.63) is 25.3 Å². The van der Waals surface area contributed by atoms with Crippen molar-refractivity contribution in [3.63, 3.8) is 0 Å². The zero-order valence-electron chi connectivity index (χ0n) is 4.44. The number of thiol groups is 1. The van der Waals surface area contributed by atoms with E-state index >= 15 is 0 Å². The Morgan fingerprint density at radius 1 is 1.22 bits per heavy atom. The molecule has 0 saturated heterocycles. The normalized spacial score (nSPS) is 9.67. The van der Waals surface area contributed by atoms with Gasteiger partial charge in [-0.05, 0) is 63.4 Å². The van der Waals surface area contributed by atoms with E-state index in [9.17, 15) is 0 Å². The molecule has 0 aromatic heterocycles. The van der Waals surface area contributed by atoms with Gasteiger partial charge in [-0.25, -0.2) is 0 Å². The van der Waals surface area contributed by atoms with Crippen molar-refractivity contribution in [2.75, 3.05) is 0 Å². The summed E-state index contributed by atoms with van der Waals surface area (Å²) >= 11 is 8.79. The molecule has 0 aliphatic rings. The molecule has 0 saturated carbocycles. The van der Waals surface area contributed by atoms with Crippen LogP contribution in [0.5, 0.6) is 0 Å². The quantitative estimate of drug-likeness (QED) is 0.532. The molecule has 0 aliphatic carbocycles. The third kappa shape index (κ3) is 2.27. The molecule has 3 heteroatoms. The molecule has 1 aromatic rings. The highest BCUT2D eigenvalue weighted by Crippen LogP contribution is 2.18. The Morgan fingerprint density at radius 3 is 2.33 bits per heavy atom. The Hall–Kier alpha value is 1.03. The third-order valence-electron chi connectivity index (χ3n) is 0.908. The topological polar surface area (TPSA) is 0 Å². The van der Waals surface area contributed by atoms with Crippen molar-refractivity contribution in [2.24, 2.45) is 0 Å². The first-order chi connectivity index (χ1) is 4.20. The third-order valence-corrected chi connectivity index (χ3v) is 3.32. The lowest BCUT2D eigenvalue weighted by Gasteiger charge is -1.94. The predicted octanol–water partition coefficient (Wildman–Crippen LogP) is 3.18. The number of benzene rings is 1. The predicted molar refractivity (Wildman–Crippen MR) is 59.1 cm³/mol. The second kappa shape index (κ2) is 3.43. The summed E-state index contributed by atoms with van der Waals surface area (Å²) in [6, 6.07) is 6.18. The van der Waals surface area contributed by atoms with E-state index < -0.39 is 0 Å². The van der Waals surface area contributed by atoms with Crippen molar-refractivity contribution in [1.29, 1.82) is 0 Å². The van der Waals surface area contributed by atoms with Crippen molar-refractivity contribution in [1.82, 2.24) is 0 Å². The Balaban J connectivity index is 3.17.